The van der Waals surface area contributed by atoms with Gasteiger partial charge in [-0.25, -0.2) is 8.42 Å². The van der Waals surface area contributed by atoms with Gasteiger partial charge in [0.15, 0.2) is 9.84 Å². The van der Waals surface area contributed by atoms with Crippen LogP contribution < -0.4 is 4.74 Å². The first kappa shape index (κ1) is 9.21. The Bertz CT molecular complexity index is 504. The molecule has 0 aliphatic heterocycles. The average Bonchev–Trinajstić information content (AvgIpc) is 2.26. The van der Waals surface area contributed by atoms with Crippen molar-refractivity contribution in [2.24, 2.45) is 0 Å². The number of benzene rings is 1. The molecule has 0 amide bonds. The number of hydrogen-bond donors (Lipinski definition) is 0. The van der Waals surface area contributed by atoms with Gasteiger partial charge in [-0.3, -0.25) is 0 Å². The number of rotatable bonds is 4. The highest BCUT2D eigenvalue weighted by Gasteiger charge is 2.15. The van der Waals surface area contributed by atoms with Crippen LogP contribution in [0.1, 0.15) is 22.2 Å². The summed E-state index contributed by atoms with van der Waals surface area (Å²) in [5.74, 6) is 0.567. The summed E-state index contributed by atoms with van der Waals surface area (Å²) in [5.41, 5.74) is -1.72. The number of aryl methyl sites for hydroxylation is 1. The summed E-state index contributed by atoms with van der Waals surface area (Å²) >= 11 is 0. The van der Waals surface area contributed by atoms with Crippen LogP contribution in [0, 0.1) is 0 Å². The molecule has 0 aliphatic rings. The van der Waals surface area contributed by atoms with Gasteiger partial charge in [0.05, 0.1) is 17.7 Å². The van der Waals surface area contributed by atoms with Crippen LogP contribution in [0.2, 0.25) is 0 Å². The van der Waals surface area contributed by atoms with Gasteiger partial charge in [-0.15, -0.1) is 0 Å². The summed E-state index contributed by atoms with van der Waals surface area (Å²) in [6, 6.07) is 4.55. The van der Waals surface area contributed by atoms with Gasteiger partial charge in [-0.1, -0.05) is 13.8 Å². The summed E-state index contributed by atoms with van der Waals surface area (Å²) in [4.78, 5) is 0.0355. The largest absolute Gasteiger partial charge is 0.497 e. The first-order valence-electron chi connectivity index (χ1n) is 5.65. The standard InChI is InChI=1S/C11H16O3S/c1-4-9-8-10(14-3)6-7-11(9)15(12,13)5-2/h6-8H,4-5H2,1-3H3/i5+1H2. The molecule has 15 heavy (non-hydrogen) atoms. The van der Waals surface area contributed by atoms with Crippen molar-refractivity contribution in [2.45, 2.75) is 25.2 Å². The van der Waals surface area contributed by atoms with Crippen LogP contribution >= 0.6 is 0 Å². The zero-order chi connectivity index (χ0) is 13.3. The molecule has 0 fully saturated rings. The van der Waals surface area contributed by atoms with E-state index in [2.05, 4.69) is 0 Å². The lowest BCUT2D eigenvalue weighted by atomic mass is 10.1. The molecule has 0 spiro atoms. The van der Waals surface area contributed by atoms with Crippen molar-refractivity contribution in [1.82, 2.24) is 0 Å². The van der Waals surface area contributed by atoms with E-state index in [9.17, 15) is 8.42 Å². The van der Waals surface area contributed by atoms with Crippen molar-refractivity contribution in [3.8, 4) is 5.75 Å². The lowest BCUT2D eigenvalue weighted by Gasteiger charge is -2.09. The van der Waals surface area contributed by atoms with Crippen LogP contribution in [0.3, 0.4) is 0 Å². The summed E-state index contributed by atoms with van der Waals surface area (Å²) in [6.07, 6.45) is 0.502. The number of hydrogen-bond acceptors (Lipinski definition) is 3. The molecule has 0 aromatic heterocycles. The third-order valence-corrected chi connectivity index (χ3v) is 3.72. The van der Waals surface area contributed by atoms with E-state index in [1.807, 2.05) is 6.92 Å². The van der Waals surface area contributed by atoms with Gasteiger partial charge >= 0.3 is 0 Å². The summed E-state index contributed by atoms with van der Waals surface area (Å²) in [6.45, 7) is 2.87. The molecule has 3 nitrogen and oxygen atoms in total. The van der Waals surface area contributed by atoms with E-state index in [1.54, 1.807) is 6.07 Å². The number of ether oxygens (including phenoxy) is 1. The van der Waals surface area contributed by atoms with E-state index in [-0.39, 0.29) is 4.90 Å². The topological polar surface area (TPSA) is 43.4 Å². The van der Waals surface area contributed by atoms with Gasteiger partial charge in [-0.2, -0.15) is 0 Å². The highest BCUT2D eigenvalue weighted by molar-refractivity contribution is 7.91. The van der Waals surface area contributed by atoms with E-state index in [4.69, 9.17) is 7.48 Å². The van der Waals surface area contributed by atoms with Gasteiger partial charge in [-0.05, 0) is 30.2 Å². The molecule has 1 aromatic rings. The van der Waals surface area contributed by atoms with E-state index in [0.29, 0.717) is 17.7 Å². The molecule has 0 atom stereocenters. The van der Waals surface area contributed by atoms with Gasteiger partial charge in [0.25, 0.3) is 0 Å². The number of methoxy groups -OCH3 is 1. The molecule has 0 saturated heterocycles. The van der Waals surface area contributed by atoms with E-state index in [1.165, 1.54) is 19.2 Å². The molecule has 0 bridgehead atoms. The highest BCUT2D eigenvalue weighted by atomic mass is 32.2. The lowest BCUT2D eigenvalue weighted by molar-refractivity contribution is 0.414. The van der Waals surface area contributed by atoms with Crippen LogP contribution in [0.5, 0.6) is 5.75 Å². The van der Waals surface area contributed by atoms with Crippen LogP contribution in [-0.2, 0) is 16.3 Å². The van der Waals surface area contributed by atoms with Crippen molar-refractivity contribution in [3.05, 3.63) is 23.8 Å². The predicted octanol–water partition coefficient (Wildman–Crippen LogP) is 2.05. The second-order valence-electron chi connectivity index (χ2n) is 3.03. The van der Waals surface area contributed by atoms with Gasteiger partial charge in [0.2, 0.25) is 0 Å². The fraction of sp³-hybridized carbons (Fsp3) is 0.455. The maximum atomic E-state index is 12.0. The molecule has 84 valence electrons. The zero-order valence-electron chi connectivity index (χ0n) is 11.1. The molecular formula is C11H16O3S. The zero-order valence-corrected chi connectivity index (χ0v) is 9.89. The third kappa shape index (κ3) is 2.50. The Hall–Kier alpha value is -1.03. The quantitative estimate of drug-likeness (QED) is 0.742. The molecule has 0 aliphatic carbocycles. The second kappa shape index (κ2) is 4.66. The third-order valence-electron chi connectivity index (χ3n) is 2.21. The van der Waals surface area contributed by atoms with E-state index < -0.39 is 15.5 Å². The average molecular weight is 229 g/mol. The maximum Gasteiger partial charge on any atom is 0.178 e. The molecule has 0 radical (unpaired) electrons. The summed E-state index contributed by atoms with van der Waals surface area (Å²) in [7, 11) is -2.46. The normalized spacial score (nSPS) is 14.3. The SMILES string of the molecule is [1H][13C]([1H])(C)S(=O)(=O)c1ccc(OC)cc1CC. The Kier molecular flexibility index (Phi) is 2.86. The molecular weight excluding hydrogens is 213 g/mol. The molecule has 0 unspecified atom stereocenters. The first-order chi connectivity index (χ1) is 7.74. The van der Waals surface area contributed by atoms with Crippen molar-refractivity contribution in [2.75, 3.05) is 12.8 Å². The second-order valence-corrected chi connectivity index (χ2v) is 4.89. The van der Waals surface area contributed by atoms with Crippen molar-refractivity contribution >= 4 is 9.84 Å². The van der Waals surface area contributed by atoms with Crippen molar-refractivity contribution < 1.29 is 15.9 Å². The Balaban J connectivity index is 3.43. The van der Waals surface area contributed by atoms with Crippen LogP contribution in [0.15, 0.2) is 23.1 Å². The molecule has 0 N–H and O–H groups in total. The molecule has 0 saturated carbocycles. The predicted molar refractivity (Wildman–Crippen MR) is 60.1 cm³/mol. The minimum atomic E-state index is -3.97. The molecule has 1 aromatic carbocycles. The monoisotopic (exact) mass is 229 g/mol. The minimum absolute atomic E-state index is 0.0355. The first-order valence-corrected chi connectivity index (χ1v) is 6.14. The highest BCUT2D eigenvalue weighted by Crippen LogP contribution is 2.23. The smallest absolute Gasteiger partial charge is 0.178 e. The molecule has 0 heterocycles. The number of sulfone groups is 1. The Morgan fingerprint density at radius 3 is 2.53 bits per heavy atom. The Morgan fingerprint density at radius 1 is 1.40 bits per heavy atom. The lowest BCUT2D eigenvalue weighted by Crippen LogP contribution is -2.07. The fourth-order valence-electron chi connectivity index (χ4n) is 1.33. The summed E-state index contributed by atoms with van der Waals surface area (Å²) in [5, 5.41) is 0. The van der Waals surface area contributed by atoms with Crippen molar-refractivity contribution in [3.63, 3.8) is 0 Å². The molecule has 1 rings (SSSR count). The van der Waals surface area contributed by atoms with Crippen LogP contribution in [0.4, 0.5) is 0 Å². The maximum absolute atomic E-state index is 12.0. The fourth-order valence-corrected chi connectivity index (χ4v) is 2.35. The molecule has 4 heteroatoms. The Labute approximate surface area is 93.8 Å². The van der Waals surface area contributed by atoms with Gasteiger partial charge in [0.1, 0.15) is 5.75 Å². The van der Waals surface area contributed by atoms with Crippen LogP contribution in [-0.4, -0.2) is 21.2 Å². The van der Waals surface area contributed by atoms with Crippen molar-refractivity contribution in [1.29, 1.82) is 0 Å². The van der Waals surface area contributed by atoms with Gasteiger partial charge in [0, 0.05) is 2.74 Å². The Morgan fingerprint density at radius 2 is 2.07 bits per heavy atom. The van der Waals surface area contributed by atoms with E-state index >= 15 is 0 Å². The van der Waals surface area contributed by atoms with Gasteiger partial charge < -0.3 is 4.74 Å². The van der Waals surface area contributed by atoms with Crippen LogP contribution in [0.25, 0.3) is 0 Å². The van der Waals surface area contributed by atoms with E-state index in [0.717, 1.165) is 6.92 Å². The minimum Gasteiger partial charge on any atom is -0.497 e. The summed E-state index contributed by atoms with van der Waals surface area (Å²) < 4.78 is 43.8.